The average Bonchev–Trinajstić information content (AvgIpc) is 2.79. The molecule has 0 atom stereocenters. The predicted octanol–water partition coefficient (Wildman–Crippen LogP) is 1.41. The first-order chi connectivity index (χ1) is 9.47. The average molecular weight is 282 g/mol. The molecule has 8 nitrogen and oxygen atoms in total. The first-order valence-electron chi connectivity index (χ1n) is 6.62. The zero-order valence-corrected chi connectivity index (χ0v) is 11.4. The number of carboxylic acids is 1. The molecule has 1 aliphatic rings. The summed E-state index contributed by atoms with van der Waals surface area (Å²) in [5.74, 6) is 0.0205. The van der Waals surface area contributed by atoms with E-state index in [0.717, 1.165) is 12.8 Å². The molecule has 1 fully saturated rings. The summed E-state index contributed by atoms with van der Waals surface area (Å²) in [4.78, 5) is 23.0. The van der Waals surface area contributed by atoms with E-state index in [1.165, 1.54) is 10.9 Å². The Hall–Kier alpha value is -2.12. The molecular weight excluding hydrogens is 264 g/mol. The Morgan fingerprint density at radius 1 is 1.55 bits per heavy atom. The maximum atomic E-state index is 11.0. The molecule has 1 aliphatic heterocycles. The molecule has 0 aromatic carbocycles. The number of aliphatic carboxylic acids is 1. The van der Waals surface area contributed by atoms with Crippen LogP contribution in [0.3, 0.4) is 0 Å². The third-order valence-corrected chi connectivity index (χ3v) is 3.67. The van der Waals surface area contributed by atoms with Gasteiger partial charge in [0.1, 0.15) is 6.20 Å². The summed E-state index contributed by atoms with van der Waals surface area (Å²) in [6, 6.07) is 0. The van der Waals surface area contributed by atoms with Gasteiger partial charge in [-0.15, -0.1) is 5.10 Å². The van der Waals surface area contributed by atoms with Crippen LogP contribution in [0.4, 0.5) is 11.5 Å². The summed E-state index contributed by atoms with van der Waals surface area (Å²) >= 11 is 0. The van der Waals surface area contributed by atoms with Crippen LogP contribution < -0.4 is 4.90 Å². The van der Waals surface area contributed by atoms with Crippen LogP contribution in [0.15, 0.2) is 6.20 Å². The van der Waals surface area contributed by atoms with Crippen molar-refractivity contribution in [2.24, 2.45) is 13.0 Å². The van der Waals surface area contributed by atoms with Crippen molar-refractivity contribution in [3.05, 3.63) is 16.3 Å². The lowest BCUT2D eigenvalue weighted by Crippen LogP contribution is -2.34. The smallest absolute Gasteiger partial charge is 0.330 e. The molecule has 8 heteroatoms. The van der Waals surface area contributed by atoms with Crippen LogP contribution in [0.1, 0.15) is 25.7 Å². The van der Waals surface area contributed by atoms with Crippen LogP contribution in [-0.2, 0) is 11.8 Å². The molecular formula is C12H18N4O4. The summed E-state index contributed by atoms with van der Waals surface area (Å²) in [6.45, 7) is 1.37. The van der Waals surface area contributed by atoms with Crippen molar-refractivity contribution < 1.29 is 14.8 Å². The van der Waals surface area contributed by atoms with Crippen molar-refractivity contribution >= 4 is 17.5 Å². The number of aromatic nitrogens is 2. The summed E-state index contributed by atoms with van der Waals surface area (Å²) in [5, 5.41) is 23.8. The second kappa shape index (κ2) is 5.89. The number of piperidine rings is 1. The number of hydrogen-bond acceptors (Lipinski definition) is 5. The summed E-state index contributed by atoms with van der Waals surface area (Å²) in [7, 11) is 1.66. The van der Waals surface area contributed by atoms with E-state index in [-0.39, 0.29) is 12.1 Å². The summed E-state index contributed by atoms with van der Waals surface area (Å²) < 4.78 is 1.45. The molecule has 1 aromatic heterocycles. The maximum Gasteiger partial charge on any atom is 0.330 e. The van der Waals surface area contributed by atoms with E-state index in [9.17, 15) is 14.9 Å². The Bertz CT molecular complexity index is 506. The number of anilines is 1. The van der Waals surface area contributed by atoms with Gasteiger partial charge < -0.3 is 10.0 Å². The van der Waals surface area contributed by atoms with Crippen molar-refractivity contribution in [3.63, 3.8) is 0 Å². The van der Waals surface area contributed by atoms with Gasteiger partial charge in [-0.2, -0.15) is 0 Å². The highest BCUT2D eigenvalue weighted by atomic mass is 16.6. The molecule has 0 bridgehead atoms. The molecule has 1 N–H and O–H groups in total. The molecule has 2 rings (SSSR count). The highest BCUT2D eigenvalue weighted by Gasteiger charge is 2.27. The molecule has 0 amide bonds. The molecule has 2 heterocycles. The minimum absolute atomic E-state index is 0.0245. The predicted molar refractivity (Wildman–Crippen MR) is 71.7 cm³/mol. The van der Waals surface area contributed by atoms with Crippen molar-refractivity contribution in [1.82, 2.24) is 9.78 Å². The second-order valence-electron chi connectivity index (χ2n) is 5.13. The third-order valence-electron chi connectivity index (χ3n) is 3.67. The van der Waals surface area contributed by atoms with E-state index >= 15 is 0 Å². The molecule has 0 aliphatic carbocycles. The summed E-state index contributed by atoms with van der Waals surface area (Å²) in [6.07, 6.45) is 3.97. The fourth-order valence-electron chi connectivity index (χ4n) is 2.58. The lowest BCUT2D eigenvalue weighted by atomic mass is 9.92. The second-order valence-corrected chi connectivity index (χ2v) is 5.13. The van der Waals surface area contributed by atoms with Crippen LogP contribution in [0.25, 0.3) is 0 Å². The topological polar surface area (TPSA) is 102 Å². The number of aryl methyl sites for hydroxylation is 1. The van der Waals surface area contributed by atoms with Crippen LogP contribution >= 0.6 is 0 Å². The van der Waals surface area contributed by atoms with Gasteiger partial charge in [0.2, 0.25) is 5.82 Å². The molecule has 1 aromatic rings. The Morgan fingerprint density at radius 2 is 2.20 bits per heavy atom. The van der Waals surface area contributed by atoms with Crippen molar-refractivity contribution in [2.45, 2.75) is 25.7 Å². The van der Waals surface area contributed by atoms with E-state index in [2.05, 4.69) is 5.10 Å². The number of nitrogens with zero attached hydrogens (tertiary/aromatic N) is 4. The molecule has 0 spiro atoms. The van der Waals surface area contributed by atoms with Crippen LogP contribution in [0.2, 0.25) is 0 Å². The van der Waals surface area contributed by atoms with Gasteiger partial charge in [0.05, 0.1) is 4.92 Å². The third kappa shape index (κ3) is 3.25. The maximum absolute atomic E-state index is 11.0. The van der Waals surface area contributed by atoms with E-state index in [1.54, 1.807) is 7.05 Å². The minimum atomic E-state index is -0.771. The van der Waals surface area contributed by atoms with E-state index in [0.29, 0.717) is 31.2 Å². The van der Waals surface area contributed by atoms with Gasteiger partial charge in [0.25, 0.3) is 0 Å². The van der Waals surface area contributed by atoms with Gasteiger partial charge in [0.15, 0.2) is 0 Å². The Labute approximate surface area is 116 Å². The highest BCUT2D eigenvalue weighted by molar-refractivity contribution is 5.66. The van der Waals surface area contributed by atoms with Crippen molar-refractivity contribution in [1.29, 1.82) is 0 Å². The Morgan fingerprint density at radius 3 is 2.75 bits per heavy atom. The lowest BCUT2D eigenvalue weighted by Gasteiger charge is -2.31. The number of nitro groups is 1. The number of rotatable bonds is 5. The lowest BCUT2D eigenvalue weighted by molar-refractivity contribution is -0.384. The first kappa shape index (κ1) is 14.3. The molecule has 0 saturated carbocycles. The van der Waals surface area contributed by atoms with Gasteiger partial charge >= 0.3 is 11.7 Å². The molecule has 110 valence electrons. The molecule has 1 saturated heterocycles. The summed E-state index contributed by atoms with van der Waals surface area (Å²) in [5.41, 5.74) is 0.0245. The van der Waals surface area contributed by atoms with Gasteiger partial charge in [-0.3, -0.25) is 19.6 Å². The van der Waals surface area contributed by atoms with Crippen LogP contribution in [0.5, 0.6) is 0 Å². The van der Waals surface area contributed by atoms with Gasteiger partial charge in [-0.05, 0) is 25.2 Å². The minimum Gasteiger partial charge on any atom is -0.481 e. The SMILES string of the molecule is Cn1cc([N+](=O)[O-])c(N2CCC(CCC(=O)O)CC2)n1. The van der Waals surface area contributed by atoms with E-state index < -0.39 is 10.9 Å². The number of carboxylic acid groups (broad SMARTS) is 1. The van der Waals surface area contributed by atoms with Crippen LogP contribution in [0, 0.1) is 16.0 Å². The van der Waals surface area contributed by atoms with Gasteiger partial charge in [0, 0.05) is 26.6 Å². The number of hydrogen-bond donors (Lipinski definition) is 1. The van der Waals surface area contributed by atoms with Gasteiger partial charge in [-0.25, -0.2) is 0 Å². The Kier molecular flexibility index (Phi) is 4.21. The quantitative estimate of drug-likeness (QED) is 0.647. The van der Waals surface area contributed by atoms with Crippen LogP contribution in [-0.4, -0.2) is 38.9 Å². The van der Waals surface area contributed by atoms with E-state index in [4.69, 9.17) is 5.11 Å². The highest BCUT2D eigenvalue weighted by Crippen LogP contribution is 2.30. The largest absolute Gasteiger partial charge is 0.481 e. The number of carbonyl (C=O) groups is 1. The Balaban J connectivity index is 1.97. The molecule has 0 unspecified atom stereocenters. The zero-order valence-electron chi connectivity index (χ0n) is 11.4. The standard InChI is InChI=1S/C12H18N4O4/c1-14-8-10(16(19)20)12(13-14)15-6-4-9(5-7-15)2-3-11(17)18/h8-9H,2-7H2,1H3,(H,17,18). The molecule has 0 radical (unpaired) electrons. The monoisotopic (exact) mass is 282 g/mol. The fraction of sp³-hybridized carbons (Fsp3) is 0.667. The normalized spacial score (nSPS) is 16.4. The van der Waals surface area contributed by atoms with Crippen molar-refractivity contribution in [2.75, 3.05) is 18.0 Å². The zero-order chi connectivity index (χ0) is 14.7. The first-order valence-corrected chi connectivity index (χ1v) is 6.62. The van der Waals surface area contributed by atoms with Gasteiger partial charge in [-0.1, -0.05) is 0 Å². The van der Waals surface area contributed by atoms with Crippen molar-refractivity contribution in [3.8, 4) is 0 Å². The fourth-order valence-corrected chi connectivity index (χ4v) is 2.58. The van der Waals surface area contributed by atoms with E-state index in [1.807, 2.05) is 4.90 Å². The molecule has 20 heavy (non-hydrogen) atoms.